The highest BCUT2D eigenvalue weighted by Gasteiger charge is 2.27. The van der Waals surface area contributed by atoms with Gasteiger partial charge in [-0.15, -0.1) is 0 Å². The first-order valence-corrected chi connectivity index (χ1v) is 8.80. The first-order valence-electron chi connectivity index (χ1n) is 8.80. The summed E-state index contributed by atoms with van der Waals surface area (Å²) in [6.45, 7) is 1.40. The fourth-order valence-corrected chi connectivity index (χ4v) is 2.89. The summed E-state index contributed by atoms with van der Waals surface area (Å²) in [6, 6.07) is 12.7. The molecule has 28 heavy (non-hydrogen) atoms. The Morgan fingerprint density at radius 2 is 1.71 bits per heavy atom. The van der Waals surface area contributed by atoms with Crippen LogP contribution in [0.3, 0.4) is 0 Å². The van der Waals surface area contributed by atoms with Crippen LogP contribution in [0.2, 0.25) is 0 Å². The molecule has 4 N–H and O–H groups in total. The van der Waals surface area contributed by atoms with Crippen LogP contribution in [-0.4, -0.2) is 29.7 Å². The molecule has 0 saturated carbocycles. The number of hydrogen-bond donors (Lipinski definition) is 4. The zero-order chi connectivity index (χ0) is 20.1. The Morgan fingerprint density at radius 1 is 1.00 bits per heavy atom. The molecule has 0 saturated heterocycles. The molecule has 0 unspecified atom stereocenters. The molecule has 1 heterocycles. The number of amides is 4. The van der Waals surface area contributed by atoms with E-state index in [1.807, 2.05) is 0 Å². The third-order valence-corrected chi connectivity index (χ3v) is 4.18. The summed E-state index contributed by atoms with van der Waals surface area (Å²) in [5.41, 5.74) is 1.93. The minimum atomic E-state index is -0.809. The minimum absolute atomic E-state index is 0.0408. The molecule has 0 fully saturated rings. The zero-order valence-electron chi connectivity index (χ0n) is 15.2. The van der Waals surface area contributed by atoms with Crippen LogP contribution in [0.5, 0.6) is 0 Å². The van der Waals surface area contributed by atoms with E-state index in [-0.39, 0.29) is 36.5 Å². The number of hydrogen-bond acceptors (Lipinski definition) is 4. The van der Waals surface area contributed by atoms with Gasteiger partial charge < -0.3 is 21.3 Å². The van der Waals surface area contributed by atoms with Crippen molar-refractivity contribution in [3.63, 3.8) is 0 Å². The molecule has 3 rings (SSSR count). The Labute approximate surface area is 161 Å². The maximum absolute atomic E-state index is 12.3. The van der Waals surface area contributed by atoms with Crippen molar-refractivity contribution in [1.29, 1.82) is 0 Å². The first-order chi connectivity index (χ1) is 13.4. The van der Waals surface area contributed by atoms with Crippen LogP contribution in [0.1, 0.15) is 30.1 Å². The lowest BCUT2D eigenvalue weighted by molar-refractivity contribution is -0.119. The molecule has 2 aromatic carbocycles. The predicted molar refractivity (Wildman–Crippen MR) is 105 cm³/mol. The normalized spacial score (nSPS) is 15.5. The summed E-state index contributed by atoms with van der Waals surface area (Å²) in [7, 11) is 0. The number of anilines is 3. The van der Waals surface area contributed by atoms with Crippen molar-refractivity contribution >= 4 is 40.7 Å². The molecule has 8 nitrogen and oxygen atoms in total. The van der Waals surface area contributed by atoms with Crippen molar-refractivity contribution in [3.05, 3.63) is 54.1 Å². The first kappa shape index (κ1) is 19.1. The molecular formula is C20H20N4O4. The fraction of sp³-hybridized carbons (Fsp3) is 0.200. The zero-order valence-corrected chi connectivity index (χ0v) is 15.2. The second kappa shape index (κ2) is 8.34. The van der Waals surface area contributed by atoms with Crippen LogP contribution in [0.15, 0.2) is 48.5 Å². The molecule has 2 aromatic rings. The van der Waals surface area contributed by atoms with Gasteiger partial charge in [0.25, 0.3) is 5.91 Å². The number of fused-ring (bicyclic) bond motifs is 1. The van der Waals surface area contributed by atoms with E-state index in [9.17, 15) is 19.2 Å². The van der Waals surface area contributed by atoms with Gasteiger partial charge in [-0.25, -0.2) is 0 Å². The number of para-hydroxylation sites is 1. The van der Waals surface area contributed by atoms with Gasteiger partial charge in [0, 0.05) is 24.7 Å². The van der Waals surface area contributed by atoms with Crippen molar-refractivity contribution in [3.8, 4) is 0 Å². The smallest absolute Gasteiger partial charge is 0.254 e. The number of nitrogens with one attached hydrogen (secondary N) is 4. The van der Waals surface area contributed by atoms with Crippen LogP contribution >= 0.6 is 0 Å². The Kier molecular flexibility index (Phi) is 5.69. The van der Waals surface area contributed by atoms with E-state index < -0.39 is 6.04 Å². The monoisotopic (exact) mass is 380 g/mol. The topological polar surface area (TPSA) is 116 Å². The van der Waals surface area contributed by atoms with Gasteiger partial charge in [-0.1, -0.05) is 18.2 Å². The van der Waals surface area contributed by atoms with Crippen molar-refractivity contribution in [2.24, 2.45) is 0 Å². The van der Waals surface area contributed by atoms with E-state index >= 15 is 0 Å². The average molecular weight is 380 g/mol. The summed E-state index contributed by atoms with van der Waals surface area (Å²) in [5, 5.41) is 10.7. The molecule has 0 radical (unpaired) electrons. The lowest BCUT2D eigenvalue weighted by atomic mass is 10.1. The molecule has 144 valence electrons. The van der Waals surface area contributed by atoms with Gasteiger partial charge in [-0.2, -0.15) is 0 Å². The third kappa shape index (κ3) is 4.73. The Hall–Kier alpha value is -3.68. The highest BCUT2D eigenvalue weighted by Crippen LogP contribution is 2.20. The quantitative estimate of drug-likeness (QED) is 0.636. The van der Waals surface area contributed by atoms with Gasteiger partial charge in [-0.05, 0) is 36.8 Å². The van der Waals surface area contributed by atoms with E-state index in [0.717, 1.165) is 0 Å². The van der Waals surface area contributed by atoms with Crippen molar-refractivity contribution in [1.82, 2.24) is 5.32 Å². The molecule has 0 aliphatic carbocycles. The number of carbonyl (C=O) groups excluding carboxylic acids is 4. The number of rotatable bonds is 5. The van der Waals surface area contributed by atoms with Crippen molar-refractivity contribution in [2.45, 2.75) is 25.8 Å². The standard InChI is InChI=1S/C20H20N4O4/c1-12(25)21-13-5-4-6-14(11-13)22-18(26)10-9-17-20(28)23-16-8-3-2-7-15(16)19(27)24-17/h2-8,11,17H,9-10H2,1H3,(H,21,25)(H,22,26)(H,23,28)(H,24,27)/t17-/m1/s1. The molecule has 8 heteroatoms. The van der Waals surface area contributed by atoms with E-state index in [4.69, 9.17) is 0 Å². The van der Waals surface area contributed by atoms with Crippen LogP contribution in [0, 0.1) is 0 Å². The van der Waals surface area contributed by atoms with Crippen molar-refractivity contribution < 1.29 is 19.2 Å². The molecule has 0 spiro atoms. The van der Waals surface area contributed by atoms with Crippen molar-refractivity contribution in [2.75, 3.05) is 16.0 Å². The van der Waals surface area contributed by atoms with Gasteiger partial charge in [0.05, 0.1) is 11.3 Å². The summed E-state index contributed by atoms with van der Waals surface area (Å²) in [4.78, 5) is 48.0. The lowest BCUT2D eigenvalue weighted by Gasteiger charge is -2.14. The summed E-state index contributed by atoms with van der Waals surface area (Å²) < 4.78 is 0. The second-order valence-electron chi connectivity index (χ2n) is 6.41. The van der Waals surface area contributed by atoms with Crippen LogP contribution < -0.4 is 21.3 Å². The number of carbonyl (C=O) groups is 4. The highest BCUT2D eigenvalue weighted by atomic mass is 16.2. The molecule has 1 atom stereocenters. The third-order valence-electron chi connectivity index (χ3n) is 4.18. The van der Waals surface area contributed by atoms with Crippen LogP contribution in [0.25, 0.3) is 0 Å². The lowest BCUT2D eigenvalue weighted by Crippen LogP contribution is -2.41. The highest BCUT2D eigenvalue weighted by molar-refractivity contribution is 6.10. The molecule has 0 aromatic heterocycles. The maximum Gasteiger partial charge on any atom is 0.254 e. The van der Waals surface area contributed by atoms with Gasteiger partial charge in [0.1, 0.15) is 6.04 Å². The minimum Gasteiger partial charge on any atom is -0.340 e. The van der Waals surface area contributed by atoms with E-state index in [1.54, 1.807) is 48.5 Å². The largest absolute Gasteiger partial charge is 0.340 e. The molecule has 1 aliphatic rings. The number of benzene rings is 2. The SMILES string of the molecule is CC(=O)Nc1cccc(NC(=O)CC[C@H]2NC(=O)c3ccccc3NC2=O)c1. The predicted octanol–water partition coefficient (Wildman–Crippen LogP) is 2.11. The Bertz CT molecular complexity index is 941. The van der Waals surface area contributed by atoms with Gasteiger partial charge >= 0.3 is 0 Å². The van der Waals surface area contributed by atoms with Gasteiger partial charge in [0.15, 0.2) is 0 Å². The summed E-state index contributed by atoms with van der Waals surface area (Å²) in [5.74, 6) is -1.23. The van der Waals surface area contributed by atoms with Crippen LogP contribution in [-0.2, 0) is 14.4 Å². The molecule has 1 aliphatic heterocycles. The molecule has 0 bridgehead atoms. The molecular weight excluding hydrogens is 360 g/mol. The van der Waals surface area contributed by atoms with E-state index in [0.29, 0.717) is 22.6 Å². The van der Waals surface area contributed by atoms with Crippen LogP contribution in [0.4, 0.5) is 17.1 Å². The van der Waals surface area contributed by atoms with E-state index in [2.05, 4.69) is 21.3 Å². The maximum atomic E-state index is 12.3. The Balaban J connectivity index is 1.58. The second-order valence-corrected chi connectivity index (χ2v) is 6.41. The Morgan fingerprint density at radius 3 is 2.46 bits per heavy atom. The summed E-state index contributed by atoms with van der Waals surface area (Å²) >= 11 is 0. The van der Waals surface area contributed by atoms with Gasteiger partial charge in [-0.3, -0.25) is 19.2 Å². The molecule has 4 amide bonds. The van der Waals surface area contributed by atoms with Gasteiger partial charge in [0.2, 0.25) is 17.7 Å². The fourth-order valence-electron chi connectivity index (χ4n) is 2.89. The summed E-state index contributed by atoms with van der Waals surface area (Å²) in [6.07, 6.45) is 0.196. The van der Waals surface area contributed by atoms with E-state index in [1.165, 1.54) is 6.92 Å². The average Bonchev–Trinajstić information content (AvgIpc) is 2.76.